The number of nitrogens with zero attached hydrogens (tertiary/aromatic N) is 2. The molecule has 1 rings (SSSR count). The summed E-state index contributed by atoms with van der Waals surface area (Å²) >= 11 is 5.89. The molecular weight excluding hydrogens is 212 g/mol. The molecule has 0 N–H and O–H groups in total. The summed E-state index contributed by atoms with van der Waals surface area (Å²) in [6.07, 6.45) is 5.07. The molecular formula is C11H11ClN2O. The quantitative estimate of drug-likeness (QED) is 0.568. The van der Waals surface area contributed by atoms with Crippen molar-refractivity contribution in [2.45, 2.75) is 12.8 Å². The van der Waals surface area contributed by atoms with Crippen molar-refractivity contribution in [1.82, 2.24) is 4.98 Å². The smallest absolute Gasteiger partial charge is 0.233 e. The number of halogens is 1. The van der Waals surface area contributed by atoms with Gasteiger partial charge in [-0.3, -0.25) is 0 Å². The van der Waals surface area contributed by atoms with Crippen molar-refractivity contribution in [3.63, 3.8) is 0 Å². The predicted molar refractivity (Wildman–Crippen MR) is 58.9 cm³/mol. The summed E-state index contributed by atoms with van der Waals surface area (Å²) in [6.45, 7) is 4.13. The number of rotatable bonds is 5. The van der Waals surface area contributed by atoms with Gasteiger partial charge < -0.3 is 4.74 Å². The van der Waals surface area contributed by atoms with Crippen LogP contribution in [0.4, 0.5) is 0 Å². The lowest BCUT2D eigenvalue weighted by Crippen LogP contribution is -1.99. The highest BCUT2D eigenvalue weighted by molar-refractivity contribution is 6.32. The molecule has 0 aromatic carbocycles. The van der Waals surface area contributed by atoms with Crippen LogP contribution in [0.2, 0.25) is 5.02 Å². The third-order valence-electron chi connectivity index (χ3n) is 1.77. The van der Waals surface area contributed by atoms with Crippen LogP contribution in [0.15, 0.2) is 24.9 Å². The van der Waals surface area contributed by atoms with Gasteiger partial charge in [0.15, 0.2) is 0 Å². The molecule has 1 heterocycles. The Bertz CT molecular complexity index is 385. The van der Waals surface area contributed by atoms with E-state index in [9.17, 15) is 0 Å². The van der Waals surface area contributed by atoms with Gasteiger partial charge in [-0.1, -0.05) is 17.7 Å². The van der Waals surface area contributed by atoms with Crippen LogP contribution in [-0.4, -0.2) is 11.6 Å². The summed E-state index contributed by atoms with van der Waals surface area (Å²) < 4.78 is 5.34. The van der Waals surface area contributed by atoms with Crippen molar-refractivity contribution >= 4 is 11.6 Å². The lowest BCUT2D eigenvalue weighted by Gasteiger charge is -2.06. The van der Waals surface area contributed by atoms with Gasteiger partial charge in [-0.15, -0.1) is 6.58 Å². The van der Waals surface area contributed by atoms with E-state index in [4.69, 9.17) is 21.6 Å². The van der Waals surface area contributed by atoms with Crippen molar-refractivity contribution in [2.24, 2.45) is 0 Å². The van der Waals surface area contributed by atoms with E-state index in [1.165, 1.54) is 6.20 Å². The maximum absolute atomic E-state index is 8.72. The van der Waals surface area contributed by atoms with E-state index < -0.39 is 0 Å². The van der Waals surface area contributed by atoms with E-state index in [-0.39, 0.29) is 5.02 Å². The van der Waals surface area contributed by atoms with Crippen molar-refractivity contribution in [2.75, 3.05) is 6.61 Å². The van der Waals surface area contributed by atoms with Crippen LogP contribution in [0.5, 0.6) is 5.88 Å². The largest absolute Gasteiger partial charge is 0.477 e. The Kier molecular flexibility index (Phi) is 4.65. The molecule has 0 saturated heterocycles. The van der Waals surface area contributed by atoms with E-state index in [0.717, 1.165) is 12.8 Å². The van der Waals surface area contributed by atoms with Crippen LogP contribution >= 0.6 is 11.6 Å². The number of pyridine rings is 1. The summed E-state index contributed by atoms with van der Waals surface area (Å²) in [6, 6.07) is 3.52. The third kappa shape index (κ3) is 3.26. The molecule has 0 spiro atoms. The fourth-order valence-corrected chi connectivity index (χ4v) is 1.22. The Labute approximate surface area is 94.0 Å². The second-order valence-electron chi connectivity index (χ2n) is 2.87. The summed E-state index contributed by atoms with van der Waals surface area (Å²) in [4.78, 5) is 3.95. The van der Waals surface area contributed by atoms with Gasteiger partial charge in [-0.05, 0) is 18.9 Å². The second kappa shape index (κ2) is 6.05. The van der Waals surface area contributed by atoms with Gasteiger partial charge in [-0.25, -0.2) is 4.98 Å². The minimum atomic E-state index is 0.276. The molecule has 0 bridgehead atoms. The van der Waals surface area contributed by atoms with E-state index in [0.29, 0.717) is 18.1 Å². The molecule has 0 atom stereocenters. The maximum atomic E-state index is 8.72. The molecule has 0 aliphatic rings. The number of hydrogen-bond donors (Lipinski definition) is 0. The molecule has 0 aliphatic carbocycles. The zero-order valence-corrected chi connectivity index (χ0v) is 9.00. The van der Waals surface area contributed by atoms with Crippen LogP contribution in [0.25, 0.3) is 0 Å². The highest BCUT2D eigenvalue weighted by Crippen LogP contribution is 2.24. The van der Waals surface area contributed by atoms with Gasteiger partial charge in [0.2, 0.25) is 5.88 Å². The number of ether oxygens (including phenoxy) is 1. The Morgan fingerprint density at radius 1 is 1.67 bits per heavy atom. The zero-order valence-electron chi connectivity index (χ0n) is 8.24. The van der Waals surface area contributed by atoms with Crippen molar-refractivity contribution in [3.8, 4) is 11.9 Å². The first-order chi connectivity index (χ1) is 7.29. The molecule has 0 saturated carbocycles. The van der Waals surface area contributed by atoms with Gasteiger partial charge >= 0.3 is 0 Å². The number of aromatic nitrogens is 1. The number of allylic oxidation sites excluding steroid dienone is 1. The fraction of sp³-hybridized carbons (Fsp3) is 0.273. The van der Waals surface area contributed by atoms with Crippen LogP contribution in [0, 0.1) is 11.3 Å². The normalized spacial score (nSPS) is 9.33. The van der Waals surface area contributed by atoms with E-state index in [1.807, 2.05) is 12.1 Å². The lowest BCUT2D eigenvalue weighted by molar-refractivity contribution is 0.300. The molecule has 1 aromatic heterocycles. The topological polar surface area (TPSA) is 45.9 Å². The number of hydrogen-bond acceptors (Lipinski definition) is 3. The lowest BCUT2D eigenvalue weighted by atomic mass is 10.3. The van der Waals surface area contributed by atoms with Gasteiger partial charge in [0.05, 0.1) is 12.2 Å². The van der Waals surface area contributed by atoms with Gasteiger partial charge in [-0.2, -0.15) is 5.26 Å². The van der Waals surface area contributed by atoms with Gasteiger partial charge in [0.25, 0.3) is 0 Å². The van der Waals surface area contributed by atoms with Crippen LogP contribution < -0.4 is 4.74 Å². The molecule has 0 aliphatic heterocycles. The number of unbranched alkanes of at least 4 members (excludes halogenated alkanes) is 1. The third-order valence-corrected chi connectivity index (χ3v) is 2.13. The molecule has 0 fully saturated rings. The average molecular weight is 223 g/mol. The summed E-state index contributed by atoms with van der Waals surface area (Å²) in [5.41, 5.74) is 0.380. The standard InChI is InChI=1S/C11H11ClN2O/c1-2-3-4-7-15-11-10(12)9(8-13)5-6-14-11/h2,5-6H,1,3-4,7H2. The molecule has 78 valence electrons. The summed E-state index contributed by atoms with van der Waals surface area (Å²) in [5.74, 6) is 0.319. The Morgan fingerprint density at radius 2 is 2.47 bits per heavy atom. The molecule has 3 nitrogen and oxygen atoms in total. The minimum absolute atomic E-state index is 0.276. The second-order valence-corrected chi connectivity index (χ2v) is 3.25. The van der Waals surface area contributed by atoms with Crippen molar-refractivity contribution in [1.29, 1.82) is 5.26 Å². The molecule has 1 aromatic rings. The monoisotopic (exact) mass is 222 g/mol. The molecule has 0 unspecified atom stereocenters. The summed E-state index contributed by atoms with van der Waals surface area (Å²) in [5, 5.41) is 9.00. The SMILES string of the molecule is C=CCCCOc1nccc(C#N)c1Cl. The zero-order chi connectivity index (χ0) is 11.1. The van der Waals surface area contributed by atoms with Gasteiger partial charge in [0.1, 0.15) is 11.1 Å². The molecule has 0 amide bonds. The first-order valence-corrected chi connectivity index (χ1v) is 4.95. The predicted octanol–water partition coefficient (Wildman–Crippen LogP) is 2.95. The van der Waals surface area contributed by atoms with Gasteiger partial charge in [0, 0.05) is 6.20 Å². The Morgan fingerprint density at radius 3 is 3.13 bits per heavy atom. The molecule has 15 heavy (non-hydrogen) atoms. The highest BCUT2D eigenvalue weighted by Gasteiger charge is 2.07. The maximum Gasteiger partial charge on any atom is 0.233 e. The molecule has 0 radical (unpaired) electrons. The van der Waals surface area contributed by atoms with E-state index in [2.05, 4.69) is 11.6 Å². The minimum Gasteiger partial charge on any atom is -0.477 e. The Hall–Kier alpha value is -1.53. The highest BCUT2D eigenvalue weighted by atomic mass is 35.5. The first-order valence-electron chi connectivity index (χ1n) is 4.58. The Balaban J connectivity index is 2.62. The first kappa shape index (κ1) is 11.5. The van der Waals surface area contributed by atoms with Crippen LogP contribution in [-0.2, 0) is 0 Å². The van der Waals surface area contributed by atoms with E-state index >= 15 is 0 Å². The van der Waals surface area contributed by atoms with Crippen LogP contribution in [0.3, 0.4) is 0 Å². The fourth-order valence-electron chi connectivity index (χ4n) is 1.01. The van der Waals surface area contributed by atoms with E-state index in [1.54, 1.807) is 6.07 Å². The number of nitriles is 1. The average Bonchev–Trinajstić information content (AvgIpc) is 2.26. The van der Waals surface area contributed by atoms with Crippen molar-refractivity contribution < 1.29 is 4.74 Å². The van der Waals surface area contributed by atoms with Crippen molar-refractivity contribution in [3.05, 3.63) is 35.5 Å². The summed E-state index contributed by atoms with van der Waals surface area (Å²) in [7, 11) is 0. The molecule has 4 heteroatoms. The van der Waals surface area contributed by atoms with Crippen LogP contribution in [0.1, 0.15) is 18.4 Å².